The van der Waals surface area contributed by atoms with Gasteiger partial charge in [-0.15, -0.1) is 0 Å². The molecule has 1 aliphatic rings. The maximum absolute atomic E-state index is 14.2. The van der Waals surface area contributed by atoms with Gasteiger partial charge in [-0.05, 0) is 36.0 Å². The Morgan fingerprint density at radius 2 is 1.65 bits per heavy atom. The molecule has 0 aromatic heterocycles. The van der Waals surface area contributed by atoms with Gasteiger partial charge in [0, 0.05) is 31.0 Å². The standard InChI is InChI=1S/C30H35F4N3O6/c1-30(2,3)25(38)28(41)37-15-18(16-7-5-4-6-8-16)13-23(37)27(40)36-22(14-24(33)34)26(39)35-10-9-19-20(31)11-17(29(42)43)12-21(19)32/h4-8,11-12,18,22-25,38H,9-10,13-15H2,1-3H3,(H,35,39)(H,36,40)(H,42,43)/t18-,22+,23?,25-/m1/s1. The van der Waals surface area contributed by atoms with Crippen molar-refractivity contribution < 1.29 is 47.0 Å². The number of amides is 3. The first-order chi connectivity index (χ1) is 20.1. The van der Waals surface area contributed by atoms with Crippen LogP contribution in [0, 0.1) is 17.0 Å². The average molecular weight is 610 g/mol. The van der Waals surface area contributed by atoms with Crippen molar-refractivity contribution in [2.24, 2.45) is 5.41 Å². The van der Waals surface area contributed by atoms with Gasteiger partial charge in [-0.25, -0.2) is 22.4 Å². The number of carboxylic acids is 1. The summed E-state index contributed by atoms with van der Waals surface area (Å²) in [5.41, 5.74) is -1.14. The Labute approximate surface area is 246 Å². The molecule has 43 heavy (non-hydrogen) atoms. The Bertz CT molecular complexity index is 1310. The molecule has 0 spiro atoms. The summed E-state index contributed by atoms with van der Waals surface area (Å²) in [5, 5.41) is 24.2. The van der Waals surface area contributed by atoms with E-state index in [9.17, 15) is 41.8 Å². The molecule has 2 aromatic rings. The number of carboxylic acid groups (broad SMARTS) is 1. The fourth-order valence-corrected chi connectivity index (χ4v) is 4.90. The summed E-state index contributed by atoms with van der Waals surface area (Å²) in [6, 6.07) is 7.36. The van der Waals surface area contributed by atoms with Gasteiger partial charge >= 0.3 is 5.97 Å². The molecule has 13 heteroatoms. The van der Waals surface area contributed by atoms with E-state index < -0.39 is 95.9 Å². The lowest BCUT2D eigenvalue weighted by Crippen LogP contribution is -2.55. The predicted molar refractivity (Wildman–Crippen MR) is 147 cm³/mol. The molecule has 1 saturated heterocycles. The summed E-state index contributed by atoms with van der Waals surface area (Å²) >= 11 is 0. The SMILES string of the molecule is CC(C)(C)[C@H](O)C(=O)N1C[C@H](c2ccccc2)CC1C(=O)N[C@@H](CC(F)F)C(=O)NCCc1c(F)cc(C(=O)O)cc1F. The van der Waals surface area contributed by atoms with Crippen LogP contribution < -0.4 is 10.6 Å². The zero-order chi connectivity index (χ0) is 32.1. The fourth-order valence-electron chi connectivity index (χ4n) is 4.90. The Morgan fingerprint density at radius 3 is 2.19 bits per heavy atom. The number of nitrogens with zero attached hydrogens (tertiary/aromatic N) is 1. The summed E-state index contributed by atoms with van der Waals surface area (Å²) in [4.78, 5) is 51.7. The number of carbonyl (C=O) groups is 4. The third-order valence-electron chi connectivity index (χ3n) is 7.32. The molecule has 3 amide bonds. The van der Waals surface area contributed by atoms with E-state index in [0.29, 0.717) is 12.1 Å². The Kier molecular flexibility index (Phi) is 10.9. The Balaban J connectivity index is 1.75. The number of benzene rings is 2. The number of halogens is 4. The summed E-state index contributed by atoms with van der Waals surface area (Å²) in [7, 11) is 0. The van der Waals surface area contributed by atoms with Crippen LogP contribution >= 0.6 is 0 Å². The topological polar surface area (TPSA) is 136 Å². The van der Waals surface area contributed by atoms with Crippen molar-refractivity contribution in [2.75, 3.05) is 13.1 Å². The van der Waals surface area contributed by atoms with Crippen LogP contribution in [0.15, 0.2) is 42.5 Å². The van der Waals surface area contributed by atoms with Crippen LogP contribution in [0.25, 0.3) is 0 Å². The van der Waals surface area contributed by atoms with E-state index in [4.69, 9.17) is 5.11 Å². The predicted octanol–water partition coefficient (Wildman–Crippen LogP) is 3.25. The zero-order valence-electron chi connectivity index (χ0n) is 24.0. The highest BCUT2D eigenvalue weighted by molar-refractivity contribution is 5.93. The summed E-state index contributed by atoms with van der Waals surface area (Å²) < 4.78 is 55.3. The van der Waals surface area contributed by atoms with Gasteiger partial charge in [-0.3, -0.25) is 14.4 Å². The van der Waals surface area contributed by atoms with Crippen molar-refractivity contribution in [1.29, 1.82) is 0 Å². The van der Waals surface area contributed by atoms with Gasteiger partial charge < -0.3 is 25.7 Å². The average Bonchev–Trinajstić information content (AvgIpc) is 3.38. The summed E-state index contributed by atoms with van der Waals surface area (Å²) in [5.74, 6) is -6.75. The quantitative estimate of drug-likeness (QED) is 0.289. The Morgan fingerprint density at radius 1 is 1.05 bits per heavy atom. The second kappa shape index (κ2) is 14.0. The number of alkyl halides is 2. The molecule has 3 rings (SSSR count). The van der Waals surface area contributed by atoms with Crippen LogP contribution in [-0.4, -0.2) is 76.5 Å². The maximum Gasteiger partial charge on any atom is 0.335 e. The highest BCUT2D eigenvalue weighted by Crippen LogP contribution is 2.34. The minimum atomic E-state index is -3.00. The molecule has 4 N–H and O–H groups in total. The number of nitrogens with one attached hydrogen (secondary N) is 2. The van der Waals surface area contributed by atoms with E-state index in [1.54, 1.807) is 39.0 Å². The third-order valence-corrected chi connectivity index (χ3v) is 7.32. The molecular weight excluding hydrogens is 574 g/mol. The highest BCUT2D eigenvalue weighted by Gasteiger charge is 2.45. The molecule has 2 aromatic carbocycles. The molecule has 4 atom stereocenters. The van der Waals surface area contributed by atoms with Crippen LogP contribution in [0.1, 0.15) is 61.0 Å². The molecule has 9 nitrogen and oxygen atoms in total. The molecule has 1 heterocycles. The van der Waals surface area contributed by atoms with Gasteiger partial charge in [0.1, 0.15) is 29.8 Å². The second-order valence-electron chi connectivity index (χ2n) is 11.6. The highest BCUT2D eigenvalue weighted by atomic mass is 19.3. The molecule has 0 radical (unpaired) electrons. The number of likely N-dealkylation sites (tertiary alicyclic amines) is 1. The minimum Gasteiger partial charge on any atom is -0.478 e. The van der Waals surface area contributed by atoms with Crippen LogP contribution in [0.3, 0.4) is 0 Å². The normalized spacial score (nSPS) is 18.3. The number of hydrogen-bond donors (Lipinski definition) is 4. The lowest BCUT2D eigenvalue weighted by molar-refractivity contribution is -0.150. The smallest absolute Gasteiger partial charge is 0.335 e. The van der Waals surface area contributed by atoms with Gasteiger partial charge in [-0.2, -0.15) is 0 Å². The van der Waals surface area contributed by atoms with Crippen LogP contribution in [0.2, 0.25) is 0 Å². The number of carbonyl (C=O) groups excluding carboxylic acids is 3. The van der Waals surface area contributed by atoms with Gasteiger partial charge in [0.05, 0.1) is 5.56 Å². The zero-order valence-corrected chi connectivity index (χ0v) is 24.0. The lowest BCUT2D eigenvalue weighted by atomic mass is 9.88. The first-order valence-electron chi connectivity index (χ1n) is 13.7. The van der Waals surface area contributed by atoms with E-state index in [0.717, 1.165) is 5.56 Å². The largest absolute Gasteiger partial charge is 0.478 e. The van der Waals surface area contributed by atoms with Gasteiger partial charge in [0.15, 0.2) is 0 Å². The summed E-state index contributed by atoms with van der Waals surface area (Å²) in [6.07, 6.45) is -5.83. The summed E-state index contributed by atoms with van der Waals surface area (Å²) in [6.45, 7) is 4.62. The number of hydrogen-bond acceptors (Lipinski definition) is 5. The number of aromatic carboxylic acids is 1. The third kappa shape index (κ3) is 8.53. The van der Waals surface area contributed by atoms with Crippen LogP contribution in [-0.2, 0) is 20.8 Å². The molecule has 1 fully saturated rings. The van der Waals surface area contributed by atoms with E-state index in [2.05, 4.69) is 10.6 Å². The fraction of sp³-hybridized carbons (Fsp3) is 0.467. The van der Waals surface area contributed by atoms with Crippen LogP contribution in [0.5, 0.6) is 0 Å². The van der Waals surface area contributed by atoms with Crippen molar-refractivity contribution in [3.63, 3.8) is 0 Å². The van der Waals surface area contributed by atoms with E-state index >= 15 is 0 Å². The van der Waals surface area contributed by atoms with Gasteiger partial charge in [0.2, 0.25) is 18.2 Å². The maximum atomic E-state index is 14.2. The van der Waals surface area contributed by atoms with E-state index in [-0.39, 0.29) is 18.9 Å². The second-order valence-corrected chi connectivity index (χ2v) is 11.6. The van der Waals surface area contributed by atoms with Crippen molar-refractivity contribution in [1.82, 2.24) is 15.5 Å². The van der Waals surface area contributed by atoms with Crippen molar-refractivity contribution in [3.8, 4) is 0 Å². The van der Waals surface area contributed by atoms with E-state index in [1.807, 2.05) is 12.1 Å². The molecule has 1 unspecified atom stereocenters. The Hall–Kier alpha value is -4.00. The molecule has 1 aliphatic heterocycles. The van der Waals surface area contributed by atoms with Gasteiger partial charge in [-0.1, -0.05) is 51.1 Å². The first-order valence-corrected chi connectivity index (χ1v) is 13.7. The number of aliphatic hydroxyl groups excluding tert-OH is 1. The molecule has 234 valence electrons. The molecule has 0 saturated carbocycles. The molecule has 0 bridgehead atoms. The first kappa shape index (κ1) is 33.5. The molecular formula is C30H35F4N3O6. The van der Waals surface area contributed by atoms with Gasteiger partial charge in [0.25, 0.3) is 5.91 Å². The van der Waals surface area contributed by atoms with E-state index in [1.165, 1.54) is 4.90 Å². The minimum absolute atomic E-state index is 0.0809. The lowest BCUT2D eigenvalue weighted by Gasteiger charge is -2.32. The van der Waals surface area contributed by atoms with Crippen molar-refractivity contribution in [3.05, 3.63) is 70.8 Å². The molecule has 0 aliphatic carbocycles. The number of aliphatic hydroxyl groups is 1. The number of rotatable bonds is 11. The monoisotopic (exact) mass is 609 g/mol. The van der Waals surface area contributed by atoms with Crippen molar-refractivity contribution >= 4 is 23.7 Å². The van der Waals surface area contributed by atoms with Crippen LogP contribution in [0.4, 0.5) is 17.6 Å². The van der Waals surface area contributed by atoms with Crippen molar-refractivity contribution in [2.45, 2.75) is 70.6 Å².